The average Bonchev–Trinajstić information content (AvgIpc) is 2.93. The normalized spacial score (nSPS) is 15.9. The van der Waals surface area contributed by atoms with Gasteiger partial charge in [-0.25, -0.2) is 0 Å². The fourth-order valence-electron chi connectivity index (χ4n) is 3.65. The first kappa shape index (κ1) is 21.0. The zero-order chi connectivity index (χ0) is 18.6. The van der Waals surface area contributed by atoms with Crippen LogP contribution >= 0.6 is 17.0 Å². The van der Waals surface area contributed by atoms with Gasteiger partial charge in [-0.3, -0.25) is 0 Å². The molecule has 134 valence electrons. The van der Waals surface area contributed by atoms with Gasteiger partial charge in [0.15, 0.2) is 0 Å². The van der Waals surface area contributed by atoms with Crippen LogP contribution in [0.1, 0.15) is 44.4 Å². The Bertz CT molecular complexity index is 708. The second-order valence-electron chi connectivity index (χ2n) is 7.67. The minimum absolute atomic E-state index is 0.0791. The van der Waals surface area contributed by atoms with Crippen molar-refractivity contribution in [3.8, 4) is 16.9 Å². The molecule has 25 heavy (non-hydrogen) atoms. The van der Waals surface area contributed by atoms with E-state index in [0.29, 0.717) is 0 Å². The number of methoxy groups -OCH3 is 1. The standard InChI is InChI=1S/C21H26O.2ClH.Zr/c1-14-11-16-13-18(21(2,3)4)20(22-5)19(17(16)12-14)15-9-7-6-8-10-15;;;/h6-10,13-14H,11-12H2,1-5H3;2*1H;/q;;;+2/p-2. The maximum atomic E-state index is 5.92. The number of ether oxygens (including phenoxy) is 1. The van der Waals surface area contributed by atoms with Gasteiger partial charge in [0.1, 0.15) is 5.75 Å². The van der Waals surface area contributed by atoms with Gasteiger partial charge in [-0.15, -0.1) is 0 Å². The Hall–Kier alpha value is -0.297. The summed E-state index contributed by atoms with van der Waals surface area (Å²) in [6.45, 7) is 9.15. The van der Waals surface area contributed by atoms with Gasteiger partial charge in [0.2, 0.25) is 0 Å². The van der Waals surface area contributed by atoms with E-state index in [4.69, 9.17) is 21.8 Å². The van der Waals surface area contributed by atoms with Gasteiger partial charge >= 0.3 is 37.9 Å². The van der Waals surface area contributed by atoms with E-state index >= 15 is 0 Å². The Kier molecular flexibility index (Phi) is 7.62. The van der Waals surface area contributed by atoms with Crippen molar-refractivity contribution in [2.45, 2.75) is 46.0 Å². The van der Waals surface area contributed by atoms with Crippen molar-refractivity contribution >= 4 is 17.0 Å². The van der Waals surface area contributed by atoms with Gasteiger partial charge in [-0.1, -0.05) is 64.1 Å². The van der Waals surface area contributed by atoms with Crippen LogP contribution < -0.4 is 4.74 Å². The van der Waals surface area contributed by atoms with Crippen LogP contribution in [0.5, 0.6) is 5.75 Å². The molecule has 0 saturated carbocycles. The molecular weight excluding hydrogens is 430 g/mol. The molecule has 0 spiro atoms. The summed E-state index contributed by atoms with van der Waals surface area (Å²) < 4.78 is 5.92. The van der Waals surface area contributed by atoms with Crippen LogP contribution in [-0.4, -0.2) is 7.11 Å². The van der Waals surface area contributed by atoms with Crippen molar-refractivity contribution in [1.82, 2.24) is 0 Å². The molecule has 0 aliphatic heterocycles. The third-order valence-electron chi connectivity index (χ3n) is 4.68. The zero-order valence-electron chi connectivity index (χ0n) is 15.6. The molecule has 0 radical (unpaired) electrons. The first-order valence-electron chi connectivity index (χ1n) is 8.58. The topological polar surface area (TPSA) is 9.23 Å². The molecule has 1 aliphatic carbocycles. The maximum absolute atomic E-state index is 5.92. The Balaban J connectivity index is 0.000000701. The van der Waals surface area contributed by atoms with Gasteiger partial charge in [0.25, 0.3) is 0 Å². The Morgan fingerprint density at radius 1 is 1.08 bits per heavy atom. The zero-order valence-corrected chi connectivity index (χ0v) is 19.6. The van der Waals surface area contributed by atoms with Gasteiger partial charge in [-0.2, -0.15) is 0 Å². The van der Waals surface area contributed by atoms with Crippen LogP contribution in [0.4, 0.5) is 0 Å². The molecule has 1 aliphatic rings. The second-order valence-corrected chi connectivity index (χ2v) is 11.4. The van der Waals surface area contributed by atoms with Crippen molar-refractivity contribution < 1.29 is 25.6 Å². The molecule has 0 N–H and O–H groups in total. The van der Waals surface area contributed by atoms with Crippen LogP contribution in [0.3, 0.4) is 0 Å². The van der Waals surface area contributed by atoms with E-state index in [1.54, 1.807) is 0 Å². The molecular formula is C21H26Cl2OZr. The van der Waals surface area contributed by atoms with E-state index in [1.165, 1.54) is 34.2 Å². The monoisotopic (exact) mass is 454 g/mol. The van der Waals surface area contributed by atoms with Crippen molar-refractivity contribution in [1.29, 1.82) is 0 Å². The molecule has 0 bridgehead atoms. The molecule has 4 heteroatoms. The van der Waals surface area contributed by atoms with E-state index in [-0.39, 0.29) is 5.41 Å². The Labute approximate surface area is 170 Å². The fourth-order valence-corrected chi connectivity index (χ4v) is 3.65. The molecule has 1 atom stereocenters. The number of hydrogen-bond acceptors (Lipinski definition) is 1. The summed E-state index contributed by atoms with van der Waals surface area (Å²) in [4.78, 5) is 0. The predicted molar refractivity (Wildman–Crippen MR) is 105 cm³/mol. The van der Waals surface area contributed by atoms with Crippen molar-refractivity contribution in [3.05, 3.63) is 53.1 Å². The van der Waals surface area contributed by atoms with Crippen LogP contribution in [0.2, 0.25) is 0 Å². The van der Waals surface area contributed by atoms with Crippen LogP contribution in [0, 0.1) is 5.92 Å². The number of rotatable bonds is 2. The summed E-state index contributed by atoms with van der Waals surface area (Å²) in [6.07, 6.45) is 2.34. The van der Waals surface area contributed by atoms with Gasteiger partial charge < -0.3 is 4.74 Å². The third kappa shape index (κ3) is 4.91. The van der Waals surface area contributed by atoms with Crippen LogP contribution in [0.25, 0.3) is 11.1 Å². The molecule has 0 saturated heterocycles. The summed E-state index contributed by atoms with van der Waals surface area (Å²) in [5, 5.41) is 0. The fraction of sp³-hybridized carbons (Fsp3) is 0.429. The molecule has 2 aromatic rings. The van der Waals surface area contributed by atoms with Gasteiger partial charge in [-0.05, 0) is 40.9 Å². The summed E-state index contributed by atoms with van der Waals surface area (Å²) in [5.41, 5.74) is 6.99. The molecule has 0 fully saturated rings. The van der Waals surface area contributed by atoms with E-state index < -0.39 is 20.8 Å². The first-order valence-corrected chi connectivity index (χ1v) is 14.9. The number of benzene rings is 2. The van der Waals surface area contributed by atoms with Crippen LogP contribution in [-0.2, 0) is 39.1 Å². The van der Waals surface area contributed by atoms with E-state index in [1.807, 2.05) is 7.11 Å². The Morgan fingerprint density at radius 2 is 1.68 bits per heavy atom. The van der Waals surface area contributed by atoms with E-state index in [9.17, 15) is 0 Å². The average molecular weight is 457 g/mol. The SMILES string of the molecule is COc1c(C(C)(C)C)cc2c(c1-c1ccccc1)CC(C)C2.[Cl][Zr][Cl]. The molecule has 2 aromatic carbocycles. The van der Waals surface area contributed by atoms with Crippen LogP contribution in [0.15, 0.2) is 36.4 Å². The van der Waals surface area contributed by atoms with Crippen molar-refractivity contribution in [2.75, 3.05) is 7.11 Å². The molecule has 0 aromatic heterocycles. The summed E-state index contributed by atoms with van der Waals surface area (Å²) >= 11 is -0.826. The minimum atomic E-state index is -0.826. The molecule has 1 nitrogen and oxygen atoms in total. The van der Waals surface area contributed by atoms with Gasteiger partial charge in [0, 0.05) is 11.1 Å². The van der Waals surface area contributed by atoms with Crippen molar-refractivity contribution in [3.63, 3.8) is 0 Å². The third-order valence-corrected chi connectivity index (χ3v) is 4.68. The predicted octanol–water partition coefficient (Wildman–Crippen LogP) is 6.77. The molecule has 1 unspecified atom stereocenters. The molecule has 0 heterocycles. The summed E-state index contributed by atoms with van der Waals surface area (Å²) in [7, 11) is 11.7. The quantitative estimate of drug-likeness (QED) is 0.485. The van der Waals surface area contributed by atoms with Crippen molar-refractivity contribution in [2.24, 2.45) is 5.92 Å². The Morgan fingerprint density at radius 3 is 2.20 bits per heavy atom. The summed E-state index contributed by atoms with van der Waals surface area (Å²) in [6, 6.07) is 13.1. The molecule has 3 rings (SSSR count). The second kappa shape index (κ2) is 9.07. The van der Waals surface area contributed by atoms with Gasteiger partial charge in [0.05, 0.1) is 7.11 Å². The number of fused-ring (bicyclic) bond motifs is 1. The number of hydrogen-bond donors (Lipinski definition) is 0. The number of halogens is 2. The first-order chi connectivity index (χ1) is 11.8. The van der Waals surface area contributed by atoms with E-state index in [0.717, 1.165) is 18.1 Å². The molecule has 0 amide bonds. The summed E-state index contributed by atoms with van der Waals surface area (Å²) in [5.74, 6) is 1.78. The van der Waals surface area contributed by atoms with E-state index in [2.05, 4.69) is 64.1 Å².